The summed E-state index contributed by atoms with van der Waals surface area (Å²) in [6.07, 6.45) is 0. The third-order valence-electron chi connectivity index (χ3n) is 3.12. The molecule has 0 bridgehead atoms. The molecule has 3 N–H and O–H groups in total. The fourth-order valence-corrected chi connectivity index (χ4v) is 2.04. The van der Waals surface area contributed by atoms with E-state index in [1.165, 1.54) is 6.07 Å². The van der Waals surface area contributed by atoms with Crippen LogP contribution in [0, 0.1) is 12.7 Å². The smallest absolute Gasteiger partial charge is 0.257 e. The zero-order chi connectivity index (χ0) is 15.6. The first-order chi connectivity index (χ1) is 9.88. The quantitative estimate of drug-likeness (QED) is 0.853. The largest absolute Gasteiger partial charge is 0.399 e. The number of anilines is 3. The molecular formula is C16H18FN3O. The van der Waals surface area contributed by atoms with Gasteiger partial charge in [-0.15, -0.1) is 0 Å². The van der Waals surface area contributed by atoms with Gasteiger partial charge in [-0.1, -0.05) is 6.07 Å². The number of hydrogen-bond acceptors (Lipinski definition) is 3. The Hall–Kier alpha value is -2.56. The van der Waals surface area contributed by atoms with Crippen molar-refractivity contribution < 1.29 is 9.18 Å². The van der Waals surface area contributed by atoms with E-state index < -0.39 is 11.7 Å². The number of nitrogens with two attached hydrogens (primary N) is 1. The summed E-state index contributed by atoms with van der Waals surface area (Å²) in [6, 6.07) is 9.72. The van der Waals surface area contributed by atoms with Crippen LogP contribution in [0.2, 0.25) is 0 Å². The van der Waals surface area contributed by atoms with Crippen LogP contribution in [0.25, 0.3) is 0 Å². The lowest BCUT2D eigenvalue weighted by molar-refractivity contribution is 0.102. The van der Waals surface area contributed by atoms with E-state index in [1.807, 2.05) is 14.1 Å². The van der Waals surface area contributed by atoms with Crippen LogP contribution in [0.1, 0.15) is 15.9 Å². The Morgan fingerprint density at radius 1 is 1.19 bits per heavy atom. The van der Waals surface area contributed by atoms with Crippen LogP contribution in [-0.2, 0) is 0 Å². The molecule has 21 heavy (non-hydrogen) atoms. The average molecular weight is 287 g/mol. The summed E-state index contributed by atoms with van der Waals surface area (Å²) >= 11 is 0. The summed E-state index contributed by atoms with van der Waals surface area (Å²) in [7, 11) is 3.66. The van der Waals surface area contributed by atoms with Crippen LogP contribution in [-0.4, -0.2) is 20.0 Å². The third-order valence-corrected chi connectivity index (χ3v) is 3.12. The van der Waals surface area contributed by atoms with Gasteiger partial charge in [0.25, 0.3) is 5.91 Å². The molecule has 2 rings (SSSR count). The van der Waals surface area contributed by atoms with Crippen LogP contribution >= 0.6 is 0 Å². The number of aryl methyl sites for hydroxylation is 1. The average Bonchev–Trinajstić information content (AvgIpc) is 2.41. The van der Waals surface area contributed by atoms with Gasteiger partial charge in [0.2, 0.25) is 0 Å². The van der Waals surface area contributed by atoms with Gasteiger partial charge in [-0.25, -0.2) is 4.39 Å². The minimum atomic E-state index is -0.460. The molecule has 0 aliphatic heterocycles. The van der Waals surface area contributed by atoms with Gasteiger partial charge >= 0.3 is 0 Å². The van der Waals surface area contributed by atoms with Crippen LogP contribution in [0.3, 0.4) is 0 Å². The number of carbonyl (C=O) groups is 1. The molecule has 0 heterocycles. The highest BCUT2D eigenvalue weighted by Gasteiger charge is 2.15. The van der Waals surface area contributed by atoms with Crippen molar-refractivity contribution in [2.45, 2.75) is 6.92 Å². The molecule has 0 radical (unpaired) electrons. The zero-order valence-electron chi connectivity index (χ0n) is 12.3. The molecule has 0 atom stereocenters. The van der Waals surface area contributed by atoms with E-state index in [0.29, 0.717) is 16.9 Å². The molecule has 0 saturated heterocycles. The zero-order valence-corrected chi connectivity index (χ0v) is 12.3. The highest BCUT2D eigenvalue weighted by atomic mass is 19.1. The Balaban J connectivity index is 2.34. The summed E-state index contributed by atoms with van der Waals surface area (Å²) in [5.74, 6) is -0.854. The van der Waals surface area contributed by atoms with Crippen molar-refractivity contribution in [1.82, 2.24) is 0 Å². The van der Waals surface area contributed by atoms with Crippen molar-refractivity contribution in [3.05, 3.63) is 53.3 Å². The van der Waals surface area contributed by atoms with Gasteiger partial charge in [0.15, 0.2) is 0 Å². The summed E-state index contributed by atoms with van der Waals surface area (Å²) < 4.78 is 13.8. The normalized spacial score (nSPS) is 10.3. The van der Waals surface area contributed by atoms with Crippen LogP contribution in [0.15, 0.2) is 36.4 Å². The van der Waals surface area contributed by atoms with Gasteiger partial charge in [-0.3, -0.25) is 4.79 Å². The number of halogens is 1. The Morgan fingerprint density at radius 2 is 1.90 bits per heavy atom. The van der Waals surface area contributed by atoms with Crippen molar-refractivity contribution in [3.8, 4) is 0 Å². The molecule has 0 aliphatic carbocycles. The molecule has 0 spiro atoms. The van der Waals surface area contributed by atoms with Gasteiger partial charge in [0.05, 0.1) is 11.3 Å². The summed E-state index contributed by atoms with van der Waals surface area (Å²) in [5, 5.41) is 2.58. The summed E-state index contributed by atoms with van der Waals surface area (Å²) in [4.78, 5) is 14.2. The summed E-state index contributed by atoms with van der Waals surface area (Å²) in [6.45, 7) is 1.79. The van der Waals surface area contributed by atoms with E-state index >= 15 is 0 Å². The van der Waals surface area contributed by atoms with Crippen LogP contribution < -0.4 is 16.0 Å². The molecule has 0 aliphatic rings. The predicted octanol–water partition coefficient (Wildman–Crippen LogP) is 3.03. The maximum absolute atomic E-state index is 13.8. The fraction of sp³-hybridized carbons (Fsp3) is 0.188. The third kappa shape index (κ3) is 3.31. The second-order valence-electron chi connectivity index (χ2n) is 5.11. The molecule has 5 heteroatoms. The van der Waals surface area contributed by atoms with E-state index in [-0.39, 0.29) is 5.69 Å². The number of nitrogen functional groups attached to an aromatic ring is 1. The Labute approximate surface area is 123 Å². The molecular weight excluding hydrogens is 269 g/mol. The van der Waals surface area contributed by atoms with E-state index in [0.717, 1.165) is 5.56 Å². The monoisotopic (exact) mass is 287 g/mol. The second-order valence-corrected chi connectivity index (χ2v) is 5.11. The maximum Gasteiger partial charge on any atom is 0.257 e. The lowest BCUT2D eigenvalue weighted by Crippen LogP contribution is -2.19. The first-order valence-electron chi connectivity index (χ1n) is 6.53. The topological polar surface area (TPSA) is 58.4 Å². The molecule has 0 saturated carbocycles. The van der Waals surface area contributed by atoms with Gasteiger partial charge in [-0.05, 0) is 42.8 Å². The number of rotatable bonds is 3. The Bertz CT molecular complexity index is 683. The van der Waals surface area contributed by atoms with E-state index in [1.54, 1.807) is 42.2 Å². The summed E-state index contributed by atoms with van der Waals surface area (Å²) in [5.41, 5.74) is 8.28. The lowest BCUT2D eigenvalue weighted by atomic mass is 10.1. The number of nitrogens with one attached hydrogen (secondary N) is 1. The molecule has 2 aromatic carbocycles. The second kappa shape index (κ2) is 5.83. The number of benzene rings is 2. The van der Waals surface area contributed by atoms with Gasteiger partial charge < -0.3 is 16.0 Å². The molecule has 2 aromatic rings. The fourth-order valence-electron chi connectivity index (χ4n) is 2.04. The highest BCUT2D eigenvalue weighted by Crippen LogP contribution is 2.23. The Kier molecular flexibility index (Phi) is 4.12. The molecule has 4 nitrogen and oxygen atoms in total. The lowest BCUT2D eigenvalue weighted by Gasteiger charge is -2.17. The van der Waals surface area contributed by atoms with Crippen LogP contribution in [0.4, 0.5) is 21.5 Å². The Morgan fingerprint density at radius 3 is 2.52 bits per heavy atom. The molecule has 1 amide bonds. The highest BCUT2D eigenvalue weighted by molar-refractivity contribution is 6.08. The number of amides is 1. The SMILES string of the molecule is Cc1ccc(NC(=O)c2cc(N)ccc2N(C)C)c(F)c1. The van der Waals surface area contributed by atoms with Crippen molar-refractivity contribution in [1.29, 1.82) is 0 Å². The van der Waals surface area contributed by atoms with Crippen molar-refractivity contribution in [2.24, 2.45) is 0 Å². The minimum Gasteiger partial charge on any atom is -0.399 e. The first kappa shape index (κ1) is 14.8. The van der Waals surface area contributed by atoms with Gasteiger partial charge in [0.1, 0.15) is 5.82 Å². The number of carbonyl (C=O) groups excluding carboxylic acids is 1. The molecule has 0 unspecified atom stereocenters. The van der Waals surface area contributed by atoms with E-state index in [2.05, 4.69) is 5.32 Å². The predicted molar refractivity (Wildman–Crippen MR) is 84.3 cm³/mol. The van der Waals surface area contributed by atoms with Crippen LogP contribution in [0.5, 0.6) is 0 Å². The molecule has 110 valence electrons. The van der Waals surface area contributed by atoms with Crippen molar-refractivity contribution in [2.75, 3.05) is 30.0 Å². The first-order valence-corrected chi connectivity index (χ1v) is 6.53. The van der Waals surface area contributed by atoms with Gasteiger partial charge in [-0.2, -0.15) is 0 Å². The van der Waals surface area contributed by atoms with E-state index in [4.69, 9.17) is 5.73 Å². The van der Waals surface area contributed by atoms with E-state index in [9.17, 15) is 9.18 Å². The van der Waals surface area contributed by atoms with Gasteiger partial charge in [0, 0.05) is 25.5 Å². The van der Waals surface area contributed by atoms with Crippen molar-refractivity contribution >= 4 is 23.0 Å². The molecule has 0 fully saturated rings. The molecule has 0 aromatic heterocycles. The maximum atomic E-state index is 13.8. The minimum absolute atomic E-state index is 0.151. The number of nitrogens with zero attached hydrogens (tertiary/aromatic N) is 1. The standard InChI is InChI=1S/C16H18FN3O/c1-10-4-6-14(13(17)8-10)19-16(21)12-9-11(18)5-7-15(12)20(2)3/h4-9H,18H2,1-3H3,(H,19,21). The number of hydrogen-bond donors (Lipinski definition) is 2. The van der Waals surface area contributed by atoms with Crippen molar-refractivity contribution in [3.63, 3.8) is 0 Å².